The van der Waals surface area contributed by atoms with Gasteiger partial charge in [0.05, 0.1) is 0 Å². The first kappa shape index (κ1) is 23.3. The molecule has 0 radical (unpaired) electrons. The van der Waals surface area contributed by atoms with Crippen LogP contribution >= 0.6 is 44.8 Å². The summed E-state index contributed by atoms with van der Waals surface area (Å²) in [5, 5.41) is -0.0427. The summed E-state index contributed by atoms with van der Waals surface area (Å²) in [4.78, 5) is 49.1. The third-order valence-corrected chi connectivity index (χ3v) is 7.85. The summed E-state index contributed by atoms with van der Waals surface area (Å²) in [5.74, 6) is 0.979. The molecule has 6 nitrogen and oxygen atoms in total. The van der Waals surface area contributed by atoms with Gasteiger partial charge >= 0.3 is 0 Å². The summed E-state index contributed by atoms with van der Waals surface area (Å²) in [7, 11) is 3.49. The van der Waals surface area contributed by atoms with Gasteiger partial charge in [0.15, 0.2) is 0 Å². The van der Waals surface area contributed by atoms with E-state index in [1.807, 2.05) is 0 Å². The molecule has 2 aliphatic rings. The zero-order chi connectivity index (χ0) is 20.8. The number of hydrogen-bond donors (Lipinski definition) is 0. The first-order valence-electron chi connectivity index (χ1n) is 8.91. The number of imide groups is 2. The molecular weight excluding hydrogens is 443 g/mol. The number of nitrogens with zero attached hydrogens (tertiary/aromatic N) is 2. The Morgan fingerprint density at radius 3 is 1.43 bits per heavy atom. The summed E-state index contributed by atoms with van der Waals surface area (Å²) < 4.78 is 0. The Balaban J connectivity index is 1.56. The molecule has 0 aliphatic carbocycles. The van der Waals surface area contributed by atoms with Crippen LogP contribution < -0.4 is 0 Å². The maximum Gasteiger partial charge on any atom is 0.272 e. The number of carbonyl (C=O) groups excluding carboxylic acids is 4. The normalized spacial score (nSPS) is 19.4. The molecule has 0 bridgehead atoms. The van der Waals surface area contributed by atoms with Crippen LogP contribution in [0.5, 0.6) is 0 Å². The van der Waals surface area contributed by atoms with Gasteiger partial charge in [-0.05, 0) is 24.7 Å². The Hall–Kier alpha value is -0.960. The van der Waals surface area contributed by atoms with Crippen molar-refractivity contribution in [2.45, 2.75) is 26.7 Å². The predicted molar refractivity (Wildman–Crippen MR) is 114 cm³/mol. The Morgan fingerprint density at radius 1 is 0.786 bits per heavy atom. The predicted octanol–water partition coefficient (Wildman–Crippen LogP) is 3.40. The quantitative estimate of drug-likeness (QED) is 0.265. The van der Waals surface area contributed by atoms with E-state index in [1.165, 1.54) is 9.80 Å². The third-order valence-electron chi connectivity index (χ3n) is 4.41. The topological polar surface area (TPSA) is 74.8 Å². The highest BCUT2D eigenvalue weighted by atomic mass is 35.5. The fraction of sp³-hybridized carbons (Fsp3) is 0.556. The lowest BCUT2D eigenvalue weighted by atomic mass is 10.1. The number of amides is 4. The standard InChI is InChI=1S/C18H22Cl2N2O4S2/c1-11(3-5-21-15(23)7-13(19)17(21)25)9-27-28-10-12(2)4-6-22-16(24)8-14(20)18(22)26/h7-8,11-12H,3-6,9-10H2,1-2H3. The van der Waals surface area contributed by atoms with E-state index in [-0.39, 0.29) is 21.9 Å². The molecule has 0 saturated heterocycles. The van der Waals surface area contributed by atoms with E-state index < -0.39 is 11.8 Å². The van der Waals surface area contributed by atoms with Crippen molar-refractivity contribution in [1.82, 2.24) is 9.80 Å². The maximum absolute atomic E-state index is 11.7. The molecule has 0 spiro atoms. The van der Waals surface area contributed by atoms with E-state index in [4.69, 9.17) is 23.2 Å². The minimum absolute atomic E-state index is 0.0213. The van der Waals surface area contributed by atoms with Gasteiger partial charge < -0.3 is 0 Å². The molecule has 0 aromatic carbocycles. The fourth-order valence-corrected chi connectivity index (χ4v) is 5.92. The highest BCUT2D eigenvalue weighted by Gasteiger charge is 2.30. The zero-order valence-electron chi connectivity index (χ0n) is 15.7. The molecule has 2 aliphatic heterocycles. The van der Waals surface area contributed by atoms with Gasteiger partial charge in [0.2, 0.25) is 0 Å². The van der Waals surface area contributed by atoms with Crippen LogP contribution in [0.15, 0.2) is 22.2 Å². The van der Waals surface area contributed by atoms with Crippen molar-refractivity contribution in [2.24, 2.45) is 11.8 Å². The van der Waals surface area contributed by atoms with Crippen molar-refractivity contribution in [1.29, 1.82) is 0 Å². The van der Waals surface area contributed by atoms with Gasteiger partial charge in [0.25, 0.3) is 23.6 Å². The lowest BCUT2D eigenvalue weighted by Crippen LogP contribution is -2.32. The van der Waals surface area contributed by atoms with E-state index in [0.29, 0.717) is 24.9 Å². The van der Waals surface area contributed by atoms with E-state index >= 15 is 0 Å². The lowest BCUT2D eigenvalue weighted by Gasteiger charge is -2.18. The van der Waals surface area contributed by atoms with Crippen LogP contribution in [0.25, 0.3) is 0 Å². The molecule has 2 heterocycles. The molecule has 0 saturated carbocycles. The maximum atomic E-state index is 11.7. The van der Waals surface area contributed by atoms with Crippen molar-refractivity contribution >= 4 is 68.4 Å². The molecular formula is C18H22Cl2N2O4S2. The molecule has 0 aromatic rings. The lowest BCUT2D eigenvalue weighted by molar-refractivity contribution is -0.138. The second-order valence-corrected chi connectivity index (χ2v) is 10.3. The summed E-state index contributed by atoms with van der Waals surface area (Å²) in [6.07, 6.45) is 3.78. The van der Waals surface area contributed by atoms with Crippen LogP contribution in [0.1, 0.15) is 26.7 Å². The minimum Gasteiger partial charge on any atom is -0.274 e. The summed E-state index contributed by atoms with van der Waals surface area (Å²) >= 11 is 11.4. The van der Waals surface area contributed by atoms with Gasteiger partial charge in [-0.2, -0.15) is 0 Å². The Labute approximate surface area is 182 Å². The minimum atomic E-state index is -0.416. The summed E-state index contributed by atoms with van der Waals surface area (Å²) in [5.41, 5.74) is 0. The van der Waals surface area contributed by atoms with Crippen molar-refractivity contribution in [3.05, 3.63) is 22.2 Å². The van der Waals surface area contributed by atoms with Crippen molar-refractivity contribution in [3.63, 3.8) is 0 Å². The van der Waals surface area contributed by atoms with Gasteiger partial charge in [-0.1, -0.05) is 58.6 Å². The van der Waals surface area contributed by atoms with Crippen LogP contribution in [0, 0.1) is 11.8 Å². The molecule has 2 rings (SSSR count). The average molecular weight is 465 g/mol. The second-order valence-electron chi connectivity index (χ2n) is 6.93. The summed E-state index contributed by atoms with van der Waals surface area (Å²) in [6.45, 7) is 4.92. The first-order chi connectivity index (χ1) is 13.2. The van der Waals surface area contributed by atoms with Gasteiger partial charge in [0, 0.05) is 36.7 Å². The molecule has 2 atom stereocenters. The number of halogens is 2. The van der Waals surface area contributed by atoms with Gasteiger partial charge in [-0.3, -0.25) is 29.0 Å². The molecule has 4 amide bonds. The largest absolute Gasteiger partial charge is 0.274 e. The number of carbonyl (C=O) groups is 4. The average Bonchev–Trinajstić information content (AvgIpc) is 3.02. The van der Waals surface area contributed by atoms with Crippen molar-refractivity contribution in [3.8, 4) is 0 Å². The fourth-order valence-electron chi connectivity index (χ4n) is 2.57. The van der Waals surface area contributed by atoms with E-state index in [9.17, 15) is 19.2 Å². The van der Waals surface area contributed by atoms with Gasteiger partial charge in [-0.15, -0.1) is 0 Å². The highest BCUT2D eigenvalue weighted by molar-refractivity contribution is 8.76. The van der Waals surface area contributed by atoms with Crippen LogP contribution in [-0.4, -0.2) is 58.0 Å². The monoisotopic (exact) mass is 464 g/mol. The van der Waals surface area contributed by atoms with E-state index in [0.717, 1.165) is 36.5 Å². The molecule has 154 valence electrons. The molecule has 0 N–H and O–H groups in total. The third kappa shape index (κ3) is 6.27. The molecule has 2 unspecified atom stereocenters. The summed E-state index contributed by atoms with van der Waals surface area (Å²) in [6, 6.07) is 0. The molecule has 0 fully saturated rings. The molecule has 0 aromatic heterocycles. The zero-order valence-corrected chi connectivity index (χ0v) is 18.8. The van der Waals surface area contributed by atoms with Crippen molar-refractivity contribution in [2.75, 3.05) is 24.6 Å². The van der Waals surface area contributed by atoms with Crippen molar-refractivity contribution < 1.29 is 19.2 Å². The molecule has 10 heteroatoms. The second kappa shape index (κ2) is 10.7. The van der Waals surface area contributed by atoms with Crippen LogP contribution in [0.4, 0.5) is 0 Å². The highest BCUT2D eigenvalue weighted by Crippen LogP contribution is 2.29. The first-order valence-corrected chi connectivity index (χ1v) is 12.2. The Morgan fingerprint density at radius 2 is 1.14 bits per heavy atom. The number of rotatable bonds is 11. The Bertz CT molecular complexity index is 666. The number of hydrogen-bond acceptors (Lipinski definition) is 6. The Kier molecular flexibility index (Phi) is 8.92. The van der Waals surface area contributed by atoms with Crippen LogP contribution in [-0.2, 0) is 19.2 Å². The van der Waals surface area contributed by atoms with Crippen LogP contribution in [0.3, 0.4) is 0 Å². The SMILES string of the molecule is CC(CCN1C(=O)C=C(Cl)C1=O)CSSCC(C)CCN1C(=O)C=C(Cl)C1=O. The van der Waals surface area contributed by atoms with E-state index in [1.54, 1.807) is 21.6 Å². The van der Waals surface area contributed by atoms with Crippen LogP contribution in [0.2, 0.25) is 0 Å². The van der Waals surface area contributed by atoms with Gasteiger partial charge in [-0.25, -0.2) is 0 Å². The smallest absolute Gasteiger partial charge is 0.272 e. The van der Waals surface area contributed by atoms with E-state index in [2.05, 4.69) is 13.8 Å². The van der Waals surface area contributed by atoms with Gasteiger partial charge in [0.1, 0.15) is 10.1 Å². The molecule has 28 heavy (non-hydrogen) atoms.